The van der Waals surface area contributed by atoms with Crippen LogP contribution in [0.4, 0.5) is 105 Å². The Labute approximate surface area is 206 Å². The van der Waals surface area contributed by atoms with Gasteiger partial charge in [0.1, 0.15) is 0 Å². The van der Waals surface area contributed by atoms with Crippen LogP contribution in [-0.4, -0.2) is 42.0 Å². The van der Waals surface area contributed by atoms with Gasteiger partial charge in [-0.15, -0.1) is 0 Å². The van der Waals surface area contributed by atoms with Crippen molar-refractivity contribution in [2.75, 3.05) is 0 Å². The summed E-state index contributed by atoms with van der Waals surface area (Å²) < 4.78 is 337. The first kappa shape index (κ1) is 34.5. The maximum absolute atomic E-state index is 15.6. The summed E-state index contributed by atoms with van der Waals surface area (Å²) in [6.07, 6.45) is -34.9. The Kier molecular flexibility index (Phi) is 7.28. The summed E-state index contributed by atoms with van der Waals surface area (Å²) in [5.41, 5.74) is -35.5. The molecule has 0 N–H and O–H groups in total. The third-order valence-corrected chi connectivity index (χ3v) is 6.03. The van der Waals surface area contributed by atoms with Gasteiger partial charge in [-0.2, -0.15) is 52.7 Å². The summed E-state index contributed by atoms with van der Waals surface area (Å²) in [5.74, 6) is -50.4. The Morgan fingerprint density at radius 3 is 0.683 bits per heavy atom. The van der Waals surface area contributed by atoms with E-state index in [2.05, 4.69) is 0 Å². The highest BCUT2D eigenvalue weighted by molar-refractivity contribution is 5.53. The van der Waals surface area contributed by atoms with Gasteiger partial charge in [-0.1, -0.05) is 0 Å². The second kappa shape index (κ2) is 8.66. The van der Waals surface area contributed by atoms with Gasteiger partial charge in [-0.3, -0.25) is 0 Å². The van der Waals surface area contributed by atoms with Crippen LogP contribution in [0.2, 0.25) is 0 Å². The van der Waals surface area contributed by atoms with Crippen LogP contribution < -0.4 is 0 Å². The Bertz CT molecular complexity index is 1170. The number of halogens is 24. The van der Waals surface area contributed by atoms with Gasteiger partial charge in [-0.05, 0) is 0 Å². The van der Waals surface area contributed by atoms with Crippen molar-refractivity contribution in [2.45, 2.75) is 42.0 Å². The third kappa shape index (κ3) is 3.37. The van der Waals surface area contributed by atoms with Crippen molar-refractivity contribution in [3.63, 3.8) is 0 Å². The van der Waals surface area contributed by atoms with Crippen LogP contribution in [0.3, 0.4) is 0 Å². The van der Waals surface area contributed by atoms with E-state index in [1.807, 2.05) is 0 Å². The average molecular weight is 660 g/mol. The standard InChI is InChI=1S/C17F24/c18-1-3(20)7(24)11(26,16(36,37)38)9(5(1)22,14(30,31)32)13(28,29)10(15(33,34)35)6(23)2(19)4(21)8(25)12(10,27)17(39,40)41. The number of alkyl halides is 16. The minimum atomic E-state index is -9.65. The van der Waals surface area contributed by atoms with Crippen LogP contribution in [-0.2, 0) is 0 Å². The summed E-state index contributed by atoms with van der Waals surface area (Å²) in [6.45, 7) is 0. The van der Waals surface area contributed by atoms with Crippen molar-refractivity contribution >= 4 is 0 Å². The molecule has 0 amide bonds. The largest absolute Gasteiger partial charge is 0.430 e. The summed E-state index contributed by atoms with van der Waals surface area (Å²) >= 11 is 0. The predicted octanol–water partition coefficient (Wildman–Crippen LogP) is 9.89. The minimum absolute atomic E-state index is 4.54. The molecule has 0 aromatic rings. The maximum atomic E-state index is 15.6. The smallest absolute Gasteiger partial charge is 0.224 e. The van der Waals surface area contributed by atoms with Crippen molar-refractivity contribution in [3.05, 3.63) is 46.6 Å². The van der Waals surface area contributed by atoms with Crippen molar-refractivity contribution < 1.29 is 105 Å². The number of hydrogen-bond donors (Lipinski definition) is 0. The van der Waals surface area contributed by atoms with Gasteiger partial charge in [0.25, 0.3) is 17.3 Å². The van der Waals surface area contributed by atoms with E-state index < -0.39 is 99.4 Å². The van der Waals surface area contributed by atoms with E-state index in [4.69, 9.17) is 0 Å². The molecule has 24 heteroatoms. The zero-order chi connectivity index (χ0) is 33.1. The lowest BCUT2D eigenvalue weighted by molar-refractivity contribution is -0.447. The van der Waals surface area contributed by atoms with E-state index in [1.54, 1.807) is 0 Å². The molecule has 0 saturated heterocycles. The zero-order valence-corrected chi connectivity index (χ0v) is 17.6. The van der Waals surface area contributed by atoms with Gasteiger partial charge < -0.3 is 0 Å². The molecule has 41 heavy (non-hydrogen) atoms. The fraction of sp³-hybridized carbons (Fsp3) is 0.529. The normalized spacial score (nSPS) is 33.4. The highest BCUT2D eigenvalue weighted by Gasteiger charge is 3.03. The van der Waals surface area contributed by atoms with Crippen LogP contribution in [0.25, 0.3) is 0 Å². The fourth-order valence-corrected chi connectivity index (χ4v) is 4.31. The highest BCUT2D eigenvalue weighted by atomic mass is 19.4. The lowest BCUT2D eigenvalue weighted by Gasteiger charge is -2.57. The molecule has 0 aromatic carbocycles. The maximum Gasteiger partial charge on any atom is 0.430 e. The molecule has 2 aliphatic carbocycles. The van der Waals surface area contributed by atoms with Gasteiger partial charge in [0.15, 0.2) is 46.6 Å². The number of allylic oxidation sites excluding steroid dienone is 8. The summed E-state index contributed by atoms with van der Waals surface area (Å²) in [6, 6.07) is 0. The van der Waals surface area contributed by atoms with E-state index in [-0.39, 0.29) is 0 Å². The number of hydrogen-bond acceptors (Lipinski definition) is 0. The Morgan fingerprint density at radius 2 is 0.512 bits per heavy atom. The molecule has 0 heterocycles. The molecule has 4 unspecified atom stereocenters. The second-order valence-electron chi connectivity index (χ2n) is 7.89. The van der Waals surface area contributed by atoms with Gasteiger partial charge >= 0.3 is 24.7 Å². The molecule has 0 bridgehead atoms. The first-order valence-electron chi connectivity index (χ1n) is 9.04. The summed E-state index contributed by atoms with van der Waals surface area (Å²) in [4.78, 5) is 0. The molecule has 0 spiro atoms. The summed E-state index contributed by atoms with van der Waals surface area (Å²) in [5, 5.41) is 0. The van der Waals surface area contributed by atoms with Gasteiger partial charge in [0.05, 0.1) is 0 Å². The van der Waals surface area contributed by atoms with Gasteiger partial charge in [0.2, 0.25) is 10.8 Å². The predicted molar refractivity (Wildman–Crippen MR) is 78.7 cm³/mol. The molecule has 0 radical (unpaired) electrons. The minimum Gasteiger partial charge on any atom is -0.224 e. The van der Waals surface area contributed by atoms with Crippen LogP contribution in [0.5, 0.6) is 0 Å². The molecule has 0 nitrogen and oxygen atoms in total. The second-order valence-corrected chi connectivity index (χ2v) is 7.89. The van der Waals surface area contributed by atoms with Crippen LogP contribution >= 0.6 is 0 Å². The molecule has 0 aromatic heterocycles. The van der Waals surface area contributed by atoms with Crippen LogP contribution in [0.15, 0.2) is 46.6 Å². The first-order chi connectivity index (χ1) is 17.8. The average Bonchev–Trinajstić information content (AvgIpc) is 2.75. The SMILES string of the molecule is FC1=C(F)C(F)(C(F)(F)F)C(C(F)(F)F)(C(F)(F)C2(C(F)(F)F)C(F)=C(F)C(F)=C(F)C2(F)C(F)(F)F)C(F)=C1F. The van der Waals surface area contributed by atoms with Crippen molar-refractivity contribution in [1.29, 1.82) is 0 Å². The molecule has 2 rings (SSSR count). The third-order valence-electron chi connectivity index (χ3n) is 6.03. The molecule has 0 saturated carbocycles. The molecular formula is C17F24. The van der Waals surface area contributed by atoms with E-state index in [1.165, 1.54) is 0 Å². The zero-order valence-electron chi connectivity index (χ0n) is 17.6. The number of rotatable bonds is 2. The van der Waals surface area contributed by atoms with Crippen molar-refractivity contribution in [2.24, 2.45) is 10.8 Å². The molecule has 0 fully saturated rings. The molecule has 0 aliphatic heterocycles. The lowest BCUT2D eigenvalue weighted by atomic mass is 9.51. The first-order valence-corrected chi connectivity index (χ1v) is 9.04. The van der Waals surface area contributed by atoms with Crippen LogP contribution in [0.1, 0.15) is 0 Å². The molecule has 4 atom stereocenters. The van der Waals surface area contributed by atoms with E-state index in [0.717, 1.165) is 0 Å². The Hall–Kier alpha value is -2.72. The molecule has 2 aliphatic rings. The van der Waals surface area contributed by atoms with E-state index in [9.17, 15) is 87.8 Å². The topological polar surface area (TPSA) is 0 Å². The Morgan fingerprint density at radius 1 is 0.317 bits per heavy atom. The highest BCUT2D eigenvalue weighted by Crippen LogP contribution is 2.81. The molecule has 236 valence electrons. The van der Waals surface area contributed by atoms with E-state index in [0.29, 0.717) is 0 Å². The van der Waals surface area contributed by atoms with E-state index >= 15 is 17.6 Å². The van der Waals surface area contributed by atoms with Crippen LogP contribution in [0, 0.1) is 10.8 Å². The van der Waals surface area contributed by atoms with Crippen molar-refractivity contribution in [1.82, 2.24) is 0 Å². The fourth-order valence-electron chi connectivity index (χ4n) is 4.31. The lowest BCUT2D eigenvalue weighted by Crippen LogP contribution is -2.81. The Balaban J connectivity index is 3.63. The molecular weight excluding hydrogens is 660 g/mol. The van der Waals surface area contributed by atoms with Crippen molar-refractivity contribution in [3.8, 4) is 0 Å². The summed E-state index contributed by atoms with van der Waals surface area (Å²) in [7, 11) is 0. The quantitative estimate of drug-likeness (QED) is 0.259. The monoisotopic (exact) mass is 660 g/mol. The van der Waals surface area contributed by atoms with Gasteiger partial charge in [-0.25, -0.2) is 52.7 Å². The van der Waals surface area contributed by atoms with Gasteiger partial charge in [0, 0.05) is 0 Å².